The standard InChI is InChI=1S/C14H17N5O2/c1-2-7-19-8-10(5-6-11(19)20)15-14(21)13-16-12(17-18-13)9-3-4-9/h5-6,8-9H,2-4,7H2,1H3,(H,15,21)(H,16,17,18). The fraction of sp³-hybridized carbons (Fsp3) is 0.429. The first-order valence-electron chi connectivity index (χ1n) is 7.11. The molecule has 0 spiro atoms. The van der Waals surface area contributed by atoms with Gasteiger partial charge in [0.1, 0.15) is 5.82 Å². The van der Waals surface area contributed by atoms with Gasteiger partial charge in [-0.25, -0.2) is 4.98 Å². The highest BCUT2D eigenvalue weighted by Gasteiger charge is 2.28. The molecule has 0 atom stereocenters. The summed E-state index contributed by atoms with van der Waals surface area (Å²) in [7, 11) is 0. The van der Waals surface area contributed by atoms with Crippen molar-refractivity contribution in [3.05, 3.63) is 40.3 Å². The van der Waals surface area contributed by atoms with E-state index in [9.17, 15) is 9.59 Å². The molecule has 0 unspecified atom stereocenters. The molecule has 2 aromatic rings. The summed E-state index contributed by atoms with van der Waals surface area (Å²) in [6, 6.07) is 3.03. The molecule has 2 heterocycles. The van der Waals surface area contributed by atoms with Crippen molar-refractivity contribution in [2.75, 3.05) is 5.32 Å². The van der Waals surface area contributed by atoms with E-state index in [1.165, 1.54) is 6.07 Å². The van der Waals surface area contributed by atoms with E-state index in [1.54, 1.807) is 16.8 Å². The summed E-state index contributed by atoms with van der Waals surface area (Å²) in [5, 5.41) is 9.44. The van der Waals surface area contributed by atoms with Crippen LogP contribution in [0.25, 0.3) is 0 Å². The summed E-state index contributed by atoms with van der Waals surface area (Å²) in [5.74, 6) is 0.951. The lowest BCUT2D eigenvalue weighted by Crippen LogP contribution is -2.21. The van der Waals surface area contributed by atoms with E-state index in [4.69, 9.17) is 0 Å². The molecular formula is C14H17N5O2. The Labute approximate surface area is 121 Å². The van der Waals surface area contributed by atoms with Crippen LogP contribution in [-0.4, -0.2) is 25.7 Å². The number of aryl methyl sites for hydroxylation is 1. The van der Waals surface area contributed by atoms with Crippen LogP contribution in [0.2, 0.25) is 0 Å². The number of aromatic amines is 1. The first-order valence-corrected chi connectivity index (χ1v) is 7.11. The van der Waals surface area contributed by atoms with Crippen LogP contribution in [0.3, 0.4) is 0 Å². The lowest BCUT2D eigenvalue weighted by molar-refractivity contribution is 0.101. The lowest BCUT2D eigenvalue weighted by atomic mass is 10.3. The molecule has 0 aliphatic heterocycles. The molecule has 1 aliphatic rings. The second kappa shape index (κ2) is 5.51. The minimum absolute atomic E-state index is 0.0798. The number of aromatic nitrogens is 4. The Hall–Kier alpha value is -2.44. The molecule has 110 valence electrons. The number of hydrogen-bond acceptors (Lipinski definition) is 4. The Bertz CT molecular complexity index is 714. The SMILES string of the molecule is CCCn1cc(NC(=O)c2n[nH]c(C3CC3)n2)ccc1=O. The zero-order chi connectivity index (χ0) is 14.8. The highest BCUT2D eigenvalue weighted by molar-refractivity contribution is 6.01. The van der Waals surface area contributed by atoms with Crippen molar-refractivity contribution in [1.82, 2.24) is 19.7 Å². The van der Waals surface area contributed by atoms with Crippen LogP contribution in [0.4, 0.5) is 5.69 Å². The summed E-state index contributed by atoms with van der Waals surface area (Å²) in [4.78, 5) is 27.9. The number of carbonyl (C=O) groups excluding carboxylic acids is 1. The Morgan fingerprint density at radius 1 is 1.48 bits per heavy atom. The molecule has 0 bridgehead atoms. The van der Waals surface area contributed by atoms with Crippen molar-refractivity contribution in [2.24, 2.45) is 0 Å². The predicted octanol–water partition coefficient (Wildman–Crippen LogP) is 1.51. The van der Waals surface area contributed by atoms with E-state index in [2.05, 4.69) is 20.5 Å². The molecule has 21 heavy (non-hydrogen) atoms. The number of nitrogens with zero attached hydrogens (tertiary/aromatic N) is 3. The molecule has 2 aromatic heterocycles. The summed E-state index contributed by atoms with van der Waals surface area (Å²) in [6.45, 7) is 2.61. The van der Waals surface area contributed by atoms with E-state index in [1.807, 2.05) is 6.92 Å². The van der Waals surface area contributed by atoms with Crippen molar-refractivity contribution in [3.63, 3.8) is 0 Å². The molecule has 0 aromatic carbocycles. The van der Waals surface area contributed by atoms with Crippen LogP contribution in [-0.2, 0) is 6.54 Å². The number of amides is 1. The number of nitrogens with one attached hydrogen (secondary N) is 2. The number of H-pyrrole nitrogens is 1. The van der Waals surface area contributed by atoms with Gasteiger partial charge in [0.25, 0.3) is 11.5 Å². The number of pyridine rings is 1. The molecule has 3 rings (SSSR count). The van der Waals surface area contributed by atoms with Gasteiger partial charge in [0.05, 0.1) is 5.69 Å². The number of anilines is 1. The van der Waals surface area contributed by atoms with Gasteiger partial charge in [-0.1, -0.05) is 6.92 Å². The minimum atomic E-state index is -0.375. The van der Waals surface area contributed by atoms with Crippen LogP contribution in [0, 0.1) is 0 Å². The largest absolute Gasteiger partial charge is 0.318 e. The summed E-state index contributed by atoms with van der Waals surface area (Å²) in [6.07, 6.45) is 4.68. The molecule has 0 radical (unpaired) electrons. The third-order valence-corrected chi connectivity index (χ3v) is 3.38. The van der Waals surface area contributed by atoms with Gasteiger partial charge in [0, 0.05) is 24.7 Å². The first-order chi connectivity index (χ1) is 10.2. The lowest BCUT2D eigenvalue weighted by Gasteiger charge is -2.07. The van der Waals surface area contributed by atoms with Crippen LogP contribution >= 0.6 is 0 Å². The zero-order valence-electron chi connectivity index (χ0n) is 11.8. The molecule has 7 heteroatoms. The Morgan fingerprint density at radius 2 is 2.29 bits per heavy atom. The average molecular weight is 287 g/mol. The van der Waals surface area contributed by atoms with Crippen LogP contribution in [0.1, 0.15) is 48.5 Å². The average Bonchev–Trinajstić information content (AvgIpc) is 3.20. The van der Waals surface area contributed by atoms with Gasteiger partial charge >= 0.3 is 0 Å². The maximum Gasteiger partial charge on any atom is 0.295 e. The number of hydrogen-bond donors (Lipinski definition) is 2. The maximum absolute atomic E-state index is 12.1. The van der Waals surface area contributed by atoms with Gasteiger partial charge in [-0.2, -0.15) is 0 Å². The number of rotatable bonds is 5. The topological polar surface area (TPSA) is 92.7 Å². The molecule has 1 amide bonds. The normalized spacial score (nSPS) is 14.1. The minimum Gasteiger partial charge on any atom is -0.318 e. The number of carbonyl (C=O) groups is 1. The van der Waals surface area contributed by atoms with Crippen molar-refractivity contribution >= 4 is 11.6 Å². The Morgan fingerprint density at radius 3 is 3.00 bits per heavy atom. The predicted molar refractivity (Wildman–Crippen MR) is 77.3 cm³/mol. The summed E-state index contributed by atoms with van der Waals surface area (Å²) >= 11 is 0. The third kappa shape index (κ3) is 3.01. The van der Waals surface area contributed by atoms with Gasteiger partial charge in [-0.15, -0.1) is 5.10 Å². The molecular weight excluding hydrogens is 270 g/mol. The van der Waals surface area contributed by atoms with Crippen molar-refractivity contribution in [1.29, 1.82) is 0 Å². The van der Waals surface area contributed by atoms with Gasteiger partial charge in [-0.3, -0.25) is 14.7 Å². The Kier molecular flexibility index (Phi) is 3.55. The molecule has 1 saturated carbocycles. The monoisotopic (exact) mass is 287 g/mol. The van der Waals surface area contributed by atoms with E-state index in [0.717, 1.165) is 25.1 Å². The van der Waals surface area contributed by atoms with Crippen molar-refractivity contribution in [2.45, 2.75) is 38.6 Å². The molecule has 1 fully saturated rings. The second-order valence-electron chi connectivity index (χ2n) is 5.22. The third-order valence-electron chi connectivity index (χ3n) is 3.38. The fourth-order valence-corrected chi connectivity index (χ4v) is 2.12. The highest BCUT2D eigenvalue weighted by atomic mass is 16.2. The fourth-order valence-electron chi connectivity index (χ4n) is 2.12. The van der Waals surface area contributed by atoms with Crippen molar-refractivity contribution < 1.29 is 4.79 Å². The van der Waals surface area contributed by atoms with Crippen molar-refractivity contribution in [3.8, 4) is 0 Å². The van der Waals surface area contributed by atoms with E-state index >= 15 is 0 Å². The Balaban J connectivity index is 1.74. The molecule has 2 N–H and O–H groups in total. The second-order valence-corrected chi connectivity index (χ2v) is 5.22. The summed E-state index contributed by atoms with van der Waals surface area (Å²) in [5.41, 5.74) is 0.481. The zero-order valence-corrected chi connectivity index (χ0v) is 11.8. The van der Waals surface area contributed by atoms with E-state index in [-0.39, 0.29) is 17.3 Å². The first kappa shape index (κ1) is 13.5. The quantitative estimate of drug-likeness (QED) is 0.871. The van der Waals surface area contributed by atoms with Gasteiger partial charge < -0.3 is 9.88 Å². The highest BCUT2D eigenvalue weighted by Crippen LogP contribution is 2.37. The van der Waals surface area contributed by atoms with Gasteiger partial charge in [0.2, 0.25) is 5.82 Å². The maximum atomic E-state index is 12.1. The molecule has 0 saturated heterocycles. The smallest absolute Gasteiger partial charge is 0.295 e. The molecule has 7 nitrogen and oxygen atoms in total. The van der Waals surface area contributed by atoms with Gasteiger partial charge in [-0.05, 0) is 25.3 Å². The summed E-state index contributed by atoms with van der Waals surface area (Å²) < 4.78 is 1.57. The van der Waals surface area contributed by atoms with E-state index in [0.29, 0.717) is 18.2 Å². The van der Waals surface area contributed by atoms with Crippen LogP contribution in [0.15, 0.2) is 23.1 Å². The van der Waals surface area contributed by atoms with E-state index < -0.39 is 0 Å². The van der Waals surface area contributed by atoms with Gasteiger partial charge in [0.15, 0.2) is 0 Å². The molecule has 1 aliphatic carbocycles. The van der Waals surface area contributed by atoms with Crippen LogP contribution < -0.4 is 10.9 Å². The van der Waals surface area contributed by atoms with Crippen LogP contribution in [0.5, 0.6) is 0 Å².